The Kier molecular flexibility index (Phi) is 4.96. The second kappa shape index (κ2) is 7.37. The summed E-state index contributed by atoms with van der Waals surface area (Å²) in [4.78, 5) is 20.6. The Morgan fingerprint density at radius 1 is 1.31 bits per heavy atom. The van der Waals surface area contributed by atoms with Gasteiger partial charge in [0, 0.05) is 26.1 Å². The van der Waals surface area contributed by atoms with Gasteiger partial charge in [-0.1, -0.05) is 35.5 Å². The molecule has 2 heterocycles. The Hall–Kier alpha value is -1.92. The first-order valence-corrected chi connectivity index (χ1v) is 9.64. The van der Waals surface area contributed by atoms with Crippen molar-refractivity contribution >= 4 is 11.6 Å². The summed E-state index contributed by atoms with van der Waals surface area (Å²) in [5.41, 5.74) is 1.34. The van der Waals surface area contributed by atoms with E-state index in [0.717, 1.165) is 32.6 Å². The summed E-state index contributed by atoms with van der Waals surface area (Å²) in [7, 11) is 2.10. The third-order valence-corrected chi connectivity index (χ3v) is 5.68. The van der Waals surface area contributed by atoms with Gasteiger partial charge in [0.15, 0.2) is 5.60 Å². The van der Waals surface area contributed by atoms with Gasteiger partial charge >= 0.3 is 0 Å². The summed E-state index contributed by atoms with van der Waals surface area (Å²) in [6.45, 7) is 3.35. The van der Waals surface area contributed by atoms with Gasteiger partial charge in [-0.2, -0.15) is 0 Å². The van der Waals surface area contributed by atoms with Crippen molar-refractivity contribution in [3.05, 3.63) is 35.9 Å². The molecule has 2 N–H and O–H groups in total. The zero-order valence-corrected chi connectivity index (χ0v) is 15.4. The normalized spacial score (nSPS) is 28.7. The summed E-state index contributed by atoms with van der Waals surface area (Å²) in [5, 5.41) is 10.9. The smallest absolute Gasteiger partial charge is 0.269 e. The molecule has 2 fully saturated rings. The van der Waals surface area contributed by atoms with E-state index in [-0.39, 0.29) is 11.9 Å². The van der Waals surface area contributed by atoms with Crippen molar-refractivity contribution in [3.8, 4) is 0 Å². The molecule has 1 spiro atoms. The predicted octanol–water partition coefficient (Wildman–Crippen LogP) is 1.52. The summed E-state index contributed by atoms with van der Waals surface area (Å²) < 4.78 is 0. The summed E-state index contributed by atoms with van der Waals surface area (Å²) >= 11 is 0. The lowest BCUT2D eigenvalue weighted by Crippen LogP contribution is -2.61. The molecule has 6 heteroatoms. The molecule has 26 heavy (non-hydrogen) atoms. The van der Waals surface area contributed by atoms with Crippen molar-refractivity contribution < 1.29 is 9.63 Å². The van der Waals surface area contributed by atoms with Crippen LogP contribution >= 0.6 is 0 Å². The lowest BCUT2D eigenvalue weighted by atomic mass is 9.83. The lowest BCUT2D eigenvalue weighted by molar-refractivity contribution is -0.115. The maximum absolute atomic E-state index is 12.4. The van der Waals surface area contributed by atoms with Crippen molar-refractivity contribution in [3.63, 3.8) is 0 Å². The van der Waals surface area contributed by atoms with Crippen LogP contribution in [0.5, 0.6) is 0 Å². The zero-order valence-electron chi connectivity index (χ0n) is 15.4. The van der Waals surface area contributed by atoms with Crippen LogP contribution in [0, 0.1) is 5.92 Å². The Morgan fingerprint density at radius 3 is 2.88 bits per heavy atom. The van der Waals surface area contributed by atoms with E-state index in [0.29, 0.717) is 18.1 Å². The van der Waals surface area contributed by atoms with E-state index in [9.17, 15) is 4.79 Å². The number of rotatable bonds is 6. The molecule has 0 unspecified atom stereocenters. The predicted molar refractivity (Wildman–Crippen MR) is 101 cm³/mol. The molecule has 1 amide bonds. The van der Waals surface area contributed by atoms with Gasteiger partial charge in [0.05, 0.1) is 6.04 Å². The zero-order chi connectivity index (χ0) is 18.0. The fourth-order valence-corrected chi connectivity index (χ4v) is 3.93. The minimum absolute atomic E-state index is 0.0659. The highest BCUT2D eigenvalue weighted by Crippen LogP contribution is 2.34. The Labute approximate surface area is 155 Å². The highest BCUT2D eigenvalue weighted by molar-refractivity contribution is 6.39. The molecule has 6 nitrogen and oxygen atoms in total. The number of nitrogens with one attached hydrogen (secondary N) is 2. The van der Waals surface area contributed by atoms with Crippen LogP contribution in [-0.2, 0) is 16.2 Å². The number of oxime groups is 1. The average Bonchev–Trinajstić information content (AvgIpc) is 3.40. The average molecular weight is 356 g/mol. The Balaban J connectivity index is 1.39. The highest BCUT2D eigenvalue weighted by Gasteiger charge is 2.50. The van der Waals surface area contributed by atoms with Crippen LogP contribution in [0.1, 0.15) is 31.2 Å². The van der Waals surface area contributed by atoms with Crippen LogP contribution in [-0.4, -0.2) is 54.8 Å². The first kappa shape index (κ1) is 17.5. The van der Waals surface area contributed by atoms with Crippen molar-refractivity contribution in [2.24, 2.45) is 11.1 Å². The fourth-order valence-electron chi connectivity index (χ4n) is 3.93. The van der Waals surface area contributed by atoms with Crippen LogP contribution in [0.15, 0.2) is 35.5 Å². The molecule has 2 atom stereocenters. The fraction of sp³-hybridized carbons (Fsp3) is 0.600. The van der Waals surface area contributed by atoms with Gasteiger partial charge < -0.3 is 20.4 Å². The molecular weight excluding hydrogens is 328 g/mol. The van der Waals surface area contributed by atoms with Gasteiger partial charge in [-0.05, 0) is 44.3 Å². The monoisotopic (exact) mass is 356 g/mol. The van der Waals surface area contributed by atoms with Crippen molar-refractivity contribution in [1.82, 2.24) is 15.5 Å². The van der Waals surface area contributed by atoms with Crippen LogP contribution in [0.3, 0.4) is 0 Å². The molecule has 140 valence electrons. The SMILES string of the molecule is CN1CC[C@@H](NCc2ccccc2)[C@@]2(CC(C(=O)NCC3CC3)=NO2)C1. The van der Waals surface area contributed by atoms with Gasteiger partial charge in [0.2, 0.25) is 0 Å². The van der Waals surface area contributed by atoms with E-state index in [2.05, 4.69) is 52.0 Å². The third kappa shape index (κ3) is 3.91. The molecular formula is C20H28N4O2. The number of hydrogen-bond donors (Lipinski definition) is 2. The summed E-state index contributed by atoms with van der Waals surface area (Å²) in [5.74, 6) is 0.598. The number of likely N-dealkylation sites (N-methyl/N-ethyl adjacent to an activating group) is 1. The molecule has 1 saturated carbocycles. The topological polar surface area (TPSA) is 66.0 Å². The van der Waals surface area contributed by atoms with Crippen LogP contribution < -0.4 is 10.6 Å². The number of likely N-dealkylation sites (tertiary alicyclic amines) is 1. The minimum Gasteiger partial charge on any atom is -0.385 e. The van der Waals surface area contributed by atoms with Crippen molar-refractivity contribution in [2.75, 3.05) is 26.7 Å². The quantitative estimate of drug-likeness (QED) is 0.811. The summed E-state index contributed by atoms with van der Waals surface area (Å²) in [6.07, 6.45) is 4.00. The molecule has 0 bridgehead atoms. The Morgan fingerprint density at radius 2 is 2.12 bits per heavy atom. The molecule has 0 radical (unpaired) electrons. The third-order valence-electron chi connectivity index (χ3n) is 5.68. The lowest BCUT2D eigenvalue weighted by Gasteiger charge is -2.43. The van der Waals surface area contributed by atoms with Gasteiger partial charge in [-0.15, -0.1) is 0 Å². The van der Waals surface area contributed by atoms with Crippen molar-refractivity contribution in [1.29, 1.82) is 0 Å². The van der Waals surface area contributed by atoms with Gasteiger partial charge in [-0.3, -0.25) is 4.79 Å². The molecule has 0 aromatic heterocycles. The van der Waals surface area contributed by atoms with E-state index < -0.39 is 5.60 Å². The number of carbonyl (C=O) groups excluding carboxylic acids is 1. The van der Waals surface area contributed by atoms with Gasteiger partial charge in [0.1, 0.15) is 5.71 Å². The second-order valence-electron chi connectivity index (χ2n) is 7.97. The Bertz CT molecular complexity index is 674. The molecule has 3 aliphatic rings. The molecule has 2 aliphatic heterocycles. The first-order chi connectivity index (χ1) is 12.6. The number of benzene rings is 1. The van der Waals surface area contributed by atoms with Crippen LogP contribution in [0.4, 0.5) is 0 Å². The van der Waals surface area contributed by atoms with Crippen LogP contribution in [0.25, 0.3) is 0 Å². The summed E-state index contributed by atoms with van der Waals surface area (Å²) in [6, 6.07) is 10.6. The second-order valence-corrected chi connectivity index (χ2v) is 7.97. The maximum atomic E-state index is 12.4. The van der Waals surface area contributed by atoms with E-state index in [4.69, 9.17) is 4.84 Å². The first-order valence-electron chi connectivity index (χ1n) is 9.64. The number of hydrogen-bond acceptors (Lipinski definition) is 5. The maximum Gasteiger partial charge on any atom is 0.269 e. The van der Waals surface area contributed by atoms with Crippen LogP contribution in [0.2, 0.25) is 0 Å². The number of nitrogens with zero attached hydrogens (tertiary/aromatic N) is 2. The van der Waals surface area contributed by atoms with E-state index in [1.54, 1.807) is 0 Å². The number of amides is 1. The van der Waals surface area contributed by atoms with Crippen molar-refractivity contribution in [2.45, 2.75) is 43.9 Å². The van der Waals surface area contributed by atoms with E-state index in [1.807, 2.05) is 6.07 Å². The largest absolute Gasteiger partial charge is 0.385 e. The van der Waals surface area contributed by atoms with E-state index >= 15 is 0 Å². The van der Waals surface area contributed by atoms with Gasteiger partial charge in [-0.25, -0.2) is 0 Å². The van der Waals surface area contributed by atoms with Gasteiger partial charge in [0.25, 0.3) is 5.91 Å². The van der Waals surface area contributed by atoms with E-state index in [1.165, 1.54) is 18.4 Å². The number of carbonyl (C=O) groups is 1. The number of piperidine rings is 1. The molecule has 1 aromatic carbocycles. The molecule has 1 aliphatic carbocycles. The highest BCUT2D eigenvalue weighted by atomic mass is 16.7. The minimum atomic E-state index is -0.450. The molecule has 1 aromatic rings. The molecule has 4 rings (SSSR count). The standard InChI is InChI=1S/C20H28N4O2/c1-24-10-9-18(21-12-15-5-3-2-4-6-15)20(14-24)11-17(23-26-20)19(25)22-13-16-7-8-16/h2-6,16,18,21H,7-14H2,1H3,(H,22,25)/t18-,20-/m1/s1. The molecule has 1 saturated heterocycles.